The summed E-state index contributed by atoms with van der Waals surface area (Å²) in [5, 5.41) is 3.58. The standard InChI is InChI=1S/C15H23BrN2/c1-12(9-10-17-14-7-8-14)18(2)11-13-5-3-4-6-15(13)16/h3-6,12,14,17H,7-11H2,1-2H3. The molecule has 2 nitrogen and oxygen atoms in total. The SMILES string of the molecule is CC(CCNC1CC1)N(C)Cc1ccccc1Br. The molecular weight excluding hydrogens is 288 g/mol. The number of nitrogens with one attached hydrogen (secondary N) is 1. The van der Waals surface area contributed by atoms with Crippen LogP contribution in [0, 0.1) is 0 Å². The van der Waals surface area contributed by atoms with E-state index in [1.807, 2.05) is 0 Å². The topological polar surface area (TPSA) is 15.3 Å². The molecule has 18 heavy (non-hydrogen) atoms. The molecule has 1 fully saturated rings. The second-order valence-electron chi connectivity index (χ2n) is 5.37. The predicted molar refractivity (Wildman–Crippen MR) is 80.7 cm³/mol. The average molecular weight is 311 g/mol. The van der Waals surface area contributed by atoms with Crippen molar-refractivity contribution in [3.63, 3.8) is 0 Å². The van der Waals surface area contributed by atoms with Gasteiger partial charge in [0.15, 0.2) is 0 Å². The molecule has 3 heteroatoms. The van der Waals surface area contributed by atoms with Crippen LogP contribution in [0.15, 0.2) is 28.7 Å². The molecule has 1 aliphatic carbocycles. The number of rotatable bonds is 7. The van der Waals surface area contributed by atoms with Crippen LogP contribution in [-0.2, 0) is 6.54 Å². The van der Waals surface area contributed by atoms with Gasteiger partial charge in [-0.25, -0.2) is 0 Å². The zero-order valence-corrected chi connectivity index (χ0v) is 12.9. The maximum Gasteiger partial charge on any atom is 0.0244 e. The Hall–Kier alpha value is -0.380. The molecule has 0 aromatic heterocycles. The van der Waals surface area contributed by atoms with Crippen molar-refractivity contribution >= 4 is 15.9 Å². The first-order valence-electron chi connectivity index (χ1n) is 6.84. The van der Waals surface area contributed by atoms with Gasteiger partial charge in [0.1, 0.15) is 0 Å². The van der Waals surface area contributed by atoms with Gasteiger partial charge in [-0.1, -0.05) is 34.1 Å². The largest absolute Gasteiger partial charge is 0.314 e. The Morgan fingerprint density at radius 3 is 2.78 bits per heavy atom. The van der Waals surface area contributed by atoms with E-state index in [4.69, 9.17) is 0 Å². The molecule has 0 aliphatic heterocycles. The highest BCUT2D eigenvalue weighted by Crippen LogP contribution is 2.20. The van der Waals surface area contributed by atoms with Crippen LogP contribution in [0.4, 0.5) is 0 Å². The highest BCUT2D eigenvalue weighted by molar-refractivity contribution is 9.10. The summed E-state index contributed by atoms with van der Waals surface area (Å²) in [7, 11) is 2.21. The minimum Gasteiger partial charge on any atom is -0.314 e. The summed E-state index contributed by atoms with van der Waals surface area (Å²) in [6.45, 7) is 4.46. The Morgan fingerprint density at radius 1 is 1.39 bits per heavy atom. The van der Waals surface area contributed by atoms with E-state index in [9.17, 15) is 0 Å². The van der Waals surface area contributed by atoms with Crippen molar-refractivity contribution in [1.29, 1.82) is 0 Å². The highest BCUT2D eigenvalue weighted by Gasteiger charge is 2.20. The number of hydrogen-bond donors (Lipinski definition) is 1. The van der Waals surface area contributed by atoms with Gasteiger partial charge in [-0.3, -0.25) is 4.90 Å². The van der Waals surface area contributed by atoms with E-state index in [2.05, 4.69) is 64.4 Å². The molecular formula is C15H23BrN2. The first kappa shape index (κ1) is 14.0. The molecule has 2 rings (SSSR count). The van der Waals surface area contributed by atoms with Gasteiger partial charge < -0.3 is 5.32 Å². The first-order valence-corrected chi connectivity index (χ1v) is 7.63. The van der Waals surface area contributed by atoms with Gasteiger partial charge in [-0.05, 0) is 51.4 Å². The van der Waals surface area contributed by atoms with E-state index in [0.717, 1.165) is 19.1 Å². The van der Waals surface area contributed by atoms with Crippen LogP contribution in [0.2, 0.25) is 0 Å². The van der Waals surface area contributed by atoms with Gasteiger partial charge in [0.25, 0.3) is 0 Å². The van der Waals surface area contributed by atoms with Gasteiger partial charge in [-0.15, -0.1) is 0 Å². The molecule has 1 aliphatic rings. The lowest BCUT2D eigenvalue weighted by Crippen LogP contribution is -2.32. The van der Waals surface area contributed by atoms with Gasteiger partial charge in [0.2, 0.25) is 0 Å². The molecule has 1 atom stereocenters. The molecule has 1 N–H and O–H groups in total. The molecule has 0 saturated heterocycles. The van der Waals surface area contributed by atoms with Crippen molar-refractivity contribution in [3.8, 4) is 0 Å². The van der Waals surface area contributed by atoms with Crippen LogP contribution in [0.25, 0.3) is 0 Å². The summed E-state index contributed by atoms with van der Waals surface area (Å²) in [6.07, 6.45) is 3.97. The van der Waals surface area contributed by atoms with Gasteiger partial charge in [0.05, 0.1) is 0 Å². The monoisotopic (exact) mass is 310 g/mol. The third-order valence-corrected chi connectivity index (χ3v) is 4.48. The fourth-order valence-electron chi connectivity index (χ4n) is 2.06. The highest BCUT2D eigenvalue weighted by atomic mass is 79.9. The molecule has 0 amide bonds. The lowest BCUT2D eigenvalue weighted by molar-refractivity contribution is 0.236. The fourth-order valence-corrected chi connectivity index (χ4v) is 2.47. The third kappa shape index (κ3) is 4.38. The van der Waals surface area contributed by atoms with Crippen molar-refractivity contribution in [3.05, 3.63) is 34.3 Å². The summed E-state index contributed by atoms with van der Waals surface area (Å²) in [4.78, 5) is 2.43. The minimum atomic E-state index is 0.614. The van der Waals surface area contributed by atoms with Crippen LogP contribution in [-0.4, -0.2) is 30.6 Å². The normalized spacial score (nSPS) is 17.1. The minimum absolute atomic E-state index is 0.614. The number of halogens is 1. The lowest BCUT2D eigenvalue weighted by atomic mass is 10.1. The molecule has 100 valence electrons. The molecule has 1 aromatic rings. The van der Waals surface area contributed by atoms with E-state index in [1.165, 1.54) is 29.3 Å². The van der Waals surface area contributed by atoms with Crippen LogP contribution in [0.3, 0.4) is 0 Å². The predicted octanol–water partition coefficient (Wildman–Crippen LogP) is 3.41. The lowest BCUT2D eigenvalue weighted by Gasteiger charge is -2.25. The van der Waals surface area contributed by atoms with Crippen molar-refractivity contribution in [2.75, 3.05) is 13.6 Å². The summed E-state index contributed by atoms with van der Waals surface area (Å²) < 4.78 is 1.21. The smallest absolute Gasteiger partial charge is 0.0244 e. The first-order chi connectivity index (χ1) is 8.66. The van der Waals surface area contributed by atoms with Gasteiger partial charge in [0, 0.05) is 23.1 Å². The van der Waals surface area contributed by atoms with E-state index in [1.54, 1.807) is 0 Å². The van der Waals surface area contributed by atoms with Crippen molar-refractivity contribution in [2.24, 2.45) is 0 Å². The zero-order valence-electron chi connectivity index (χ0n) is 11.3. The Bertz CT molecular complexity index is 377. The van der Waals surface area contributed by atoms with Crippen LogP contribution >= 0.6 is 15.9 Å². The van der Waals surface area contributed by atoms with E-state index in [-0.39, 0.29) is 0 Å². The Balaban J connectivity index is 1.75. The van der Waals surface area contributed by atoms with Gasteiger partial charge in [-0.2, -0.15) is 0 Å². The summed E-state index contributed by atoms with van der Waals surface area (Å²) in [6, 6.07) is 9.91. The molecule has 0 spiro atoms. The Morgan fingerprint density at radius 2 is 2.11 bits per heavy atom. The number of nitrogens with zero attached hydrogens (tertiary/aromatic N) is 1. The molecule has 1 unspecified atom stereocenters. The molecule has 0 radical (unpaired) electrons. The van der Waals surface area contributed by atoms with Crippen LogP contribution in [0.1, 0.15) is 31.7 Å². The maximum atomic E-state index is 3.61. The Labute approximate surface area is 119 Å². The fraction of sp³-hybridized carbons (Fsp3) is 0.600. The molecule has 0 heterocycles. The number of benzene rings is 1. The van der Waals surface area contributed by atoms with Gasteiger partial charge >= 0.3 is 0 Å². The van der Waals surface area contributed by atoms with Crippen molar-refractivity contribution in [1.82, 2.24) is 10.2 Å². The van der Waals surface area contributed by atoms with E-state index in [0.29, 0.717) is 6.04 Å². The second-order valence-corrected chi connectivity index (χ2v) is 6.23. The third-order valence-electron chi connectivity index (χ3n) is 3.70. The quantitative estimate of drug-likeness (QED) is 0.830. The molecule has 1 saturated carbocycles. The summed E-state index contributed by atoms with van der Waals surface area (Å²) in [5.74, 6) is 0. The number of hydrogen-bond acceptors (Lipinski definition) is 2. The maximum absolute atomic E-state index is 3.61. The zero-order chi connectivity index (χ0) is 13.0. The Kier molecular flexibility index (Phi) is 5.22. The summed E-state index contributed by atoms with van der Waals surface area (Å²) >= 11 is 3.61. The van der Waals surface area contributed by atoms with Crippen LogP contribution in [0.5, 0.6) is 0 Å². The van der Waals surface area contributed by atoms with E-state index >= 15 is 0 Å². The van der Waals surface area contributed by atoms with Crippen molar-refractivity contribution in [2.45, 2.75) is 44.8 Å². The molecule has 1 aromatic carbocycles. The second kappa shape index (κ2) is 6.69. The molecule has 0 bridgehead atoms. The summed E-state index contributed by atoms with van der Waals surface area (Å²) in [5.41, 5.74) is 1.36. The van der Waals surface area contributed by atoms with Crippen LogP contribution < -0.4 is 5.32 Å². The average Bonchev–Trinajstić information content (AvgIpc) is 3.16. The van der Waals surface area contributed by atoms with E-state index < -0.39 is 0 Å². The van der Waals surface area contributed by atoms with Crippen molar-refractivity contribution < 1.29 is 0 Å².